The quantitative estimate of drug-likeness (QED) is 0.571. The lowest BCUT2D eigenvalue weighted by atomic mass is 9.64. The van der Waals surface area contributed by atoms with Gasteiger partial charge in [0.1, 0.15) is 0 Å². The molecule has 11 heavy (non-hydrogen) atoms. The minimum absolute atomic E-state index is 0.321. The van der Waals surface area contributed by atoms with E-state index >= 15 is 0 Å². The fourth-order valence-corrected chi connectivity index (χ4v) is 2.16. The van der Waals surface area contributed by atoms with Gasteiger partial charge in [-0.15, -0.1) is 0 Å². The molecule has 0 saturated heterocycles. The van der Waals surface area contributed by atoms with Crippen LogP contribution in [0.2, 0.25) is 0 Å². The van der Waals surface area contributed by atoms with Crippen LogP contribution in [0.4, 0.5) is 0 Å². The van der Waals surface area contributed by atoms with E-state index in [-0.39, 0.29) is 0 Å². The number of hydrogen-bond acceptors (Lipinski definition) is 1. The second kappa shape index (κ2) is 2.48. The van der Waals surface area contributed by atoms with E-state index in [1.54, 1.807) is 0 Å². The van der Waals surface area contributed by atoms with Crippen molar-refractivity contribution in [3.05, 3.63) is 0 Å². The molecule has 0 aromatic heterocycles. The number of aliphatic hydroxyl groups is 1. The van der Waals surface area contributed by atoms with Crippen molar-refractivity contribution < 1.29 is 5.11 Å². The lowest BCUT2D eigenvalue weighted by Gasteiger charge is -2.44. The lowest BCUT2D eigenvalue weighted by molar-refractivity contribution is -0.0471. The van der Waals surface area contributed by atoms with E-state index < -0.39 is 5.60 Å². The van der Waals surface area contributed by atoms with E-state index in [2.05, 4.69) is 20.8 Å². The van der Waals surface area contributed by atoms with Crippen LogP contribution in [0.1, 0.15) is 47.0 Å². The molecule has 1 fully saturated rings. The molecular formula is C10H20O. The van der Waals surface area contributed by atoms with Crippen LogP contribution >= 0.6 is 0 Å². The summed E-state index contributed by atoms with van der Waals surface area (Å²) in [5.74, 6) is 0.753. The molecule has 1 saturated carbocycles. The van der Waals surface area contributed by atoms with Crippen molar-refractivity contribution in [1.82, 2.24) is 0 Å². The summed E-state index contributed by atoms with van der Waals surface area (Å²) in [4.78, 5) is 0. The van der Waals surface area contributed by atoms with Crippen molar-refractivity contribution >= 4 is 0 Å². The first-order valence-electron chi connectivity index (χ1n) is 4.56. The summed E-state index contributed by atoms with van der Waals surface area (Å²) >= 11 is 0. The maximum atomic E-state index is 9.83. The van der Waals surface area contributed by atoms with Crippen LogP contribution in [-0.2, 0) is 0 Å². The first-order chi connectivity index (χ1) is 4.83. The van der Waals surface area contributed by atoms with Crippen molar-refractivity contribution in [1.29, 1.82) is 0 Å². The normalized spacial score (nSPS) is 43.9. The number of hydrogen-bond donors (Lipinski definition) is 1. The maximum absolute atomic E-state index is 9.83. The summed E-state index contributed by atoms with van der Waals surface area (Å²) < 4.78 is 0. The van der Waals surface area contributed by atoms with Gasteiger partial charge < -0.3 is 5.11 Å². The molecule has 66 valence electrons. The van der Waals surface area contributed by atoms with Gasteiger partial charge in [-0.1, -0.05) is 20.8 Å². The van der Waals surface area contributed by atoms with E-state index in [1.807, 2.05) is 6.92 Å². The molecule has 2 atom stereocenters. The molecule has 1 nitrogen and oxygen atoms in total. The molecule has 1 heteroatoms. The monoisotopic (exact) mass is 156 g/mol. The van der Waals surface area contributed by atoms with Crippen molar-refractivity contribution in [2.75, 3.05) is 0 Å². The molecule has 0 aliphatic heterocycles. The van der Waals surface area contributed by atoms with Gasteiger partial charge in [0.2, 0.25) is 0 Å². The van der Waals surface area contributed by atoms with Crippen LogP contribution < -0.4 is 0 Å². The van der Waals surface area contributed by atoms with Crippen molar-refractivity contribution in [2.24, 2.45) is 11.3 Å². The van der Waals surface area contributed by atoms with Crippen molar-refractivity contribution in [3.8, 4) is 0 Å². The van der Waals surface area contributed by atoms with E-state index in [0.29, 0.717) is 5.41 Å². The topological polar surface area (TPSA) is 20.2 Å². The Morgan fingerprint density at radius 1 is 1.27 bits per heavy atom. The zero-order chi connectivity index (χ0) is 8.70. The first kappa shape index (κ1) is 9.05. The third kappa shape index (κ3) is 1.96. The molecule has 2 unspecified atom stereocenters. The Kier molecular flexibility index (Phi) is 2.04. The highest BCUT2D eigenvalue weighted by molar-refractivity contribution is 4.90. The minimum Gasteiger partial charge on any atom is -0.390 e. The molecular weight excluding hydrogens is 136 g/mol. The smallest absolute Gasteiger partial charge is 0.0625 e. The summed E-state index contributed by atoms with van der Waals surface area (Å²) in [6.07, 6.45) is 3.08. The van der Waals surface area contributed by atoms with Crippen LogP contribution in [0.15, 0.2) is 0 Å². The van der Waals surface area contributed by atoms with Gasteiger partial charge in [0.15, 0.2) is 0 Å². The zero-order valence-corrected chi connectivity index (χ0v) is 8.15. The molecule has 0 radical (unpaired) electrons. The van der Waals surface area contributed by atoms with Gasteiger partial charge in [-0.3, -0.25) is 0 Å². The largest absolute Gasteiger partial charge is 0.390 e. The zero-order valence-electron chi connectivity index (χ0n) is 8.15. The summed E-state index contributed by atoms with van der Waals surface area (Å²) in [5, 5.41) is 9.83. The molecule has 0 spiro atoms. The Morgan fingerprint density at radius 3 is 2.18 bits per heavy atom. The molecule has 1 aliphatic rings. The van der Waals surface area contributed by atoms with Gasteiger partial charge in [-0.05, 0) is 37.5 Å². The summed E-state index contributed by atoms with van der Waals surface area (Å²) in [6.45, 7) is 8.76. The van der Waals surface area contributed by atoms with Crippen LogP contribution in [0.5, 0.6) is 0 Å². The Labute approximate surface area is 69.8 Å². The van der Waals surface area contributed by atoms with Gasteiger partial charge in [0, 0.05) is 0 Å². The lowest BCUT2D eigenvalue weighted by Crippen LogP contribution is -2.40. The van der Waals surface area contributed by atoms with Gasteiger partial charge in [0.25, 0.3) is 0 Å². The third-order valence-electron chi connectivity index (χ3n) is 3.29. The van der Waals surface area contributed by atoms with E-state index in [0.717, 1.165) is 18.8 Å². The number of rotatable bonds is 0. The summed E-state index contributed by atoms with van der Waals surface area (Å²) in [5.41, 5.74) is -0.0856. The molecule has 0 heterocycles. The van der Waals surface area contributed by atoms with Crippen molar-refractivity contribution in [3.63, 3.8) is 0 Å². The van der Waals surface area contributed by atoms with Gasteiger partial charge in [0.05, 0.1) is 5.60 Å². The minimum atomic E-state index is -0.407. The van der Waals surface area contributed by atoms with Gasteiger partial charge in [-0.25, -0.2) is 0 Å². The Balaban J connectivity index is 2.67. The van der Waals surface area contributed by atoms with Gasteiger partial charge >= 0.3 is 0 Å². The average molecular weight is 156 g/mol. The maximum Gasteiger partial charge on any atom is 0.0625 e. The van der Waals surface area contributed by atoms with Gasteiger partial charge in [-0.2, -0.15) is 0 Å². The summed E-state index contributed by atoms with van der Waals surface area (Å²) in [7, 11) is 0. The fraction of sp³-hybridized carbons (Fsp3) is 1.00. The van der Waals surface area contributed by atoms with Crippen LogP contribution in [0.25, 0.3) is 0 Å². The van der Waals surface area contributed by atoms with Crippen molar-refractivity contribution in [2.45, 2.75) is 52.6 Å². The average Bonchev–Trinajstić information content (AvgIpc) is 1.77. The highest BCUT2D eigenvalue weighted by Gasteiger charge is 2.39. The highest BCUT2D eigenvalue weighted by atomic mass is 16.3. The SMILES string of the molecule is CC1CCC(C)(O)CC1(C)C. The summed E-state index contributed by atoms with van der Waals surface area (Å²) in [6, 6.07) is 0. The predicted octanol–water partition coefficient (Wildman–Crippen LogP) is 2.58. The predicted molar refractivity (Wildman–Crippen MR) is 47.4 cm³/mol. The fourth-order valence-electron chi connectivity index (χ4n) is 2.16. The van der Waals surface area contributed by atoms with Crippen LogP contribution in [0.3, 0.4) is 0 Å². The molecule has 0 bridgehead atoms. The Morgan fingerprint density at radius 2 is 1.82 bits per heavy atom. The molecule has 0 aromatic carbocycles. The molecule has 1 aliphatic carbocycles. The first-order valence-corrected chi connectivity index (χ1v) is 4.56. The second-order valence-electron chi connectivity index (χ2n) is 5.10. The Bertz CT molecular complexity index is 147. The van der Waals surface area contributed by atoms with E-state index in [4.69, 9.17) is 0 Å². The van der Waals surface area contributed by atoms with Crippen LogP contribution in [0, 0.1) is 11.3 Å². The molecule has 0 amide bonds. The molecule has 1 rings (SSSR count). The van der Waals surface area contributed by atoms with E-state index in [9.17, 15) is 5.11 Å². The standard InChI is InChI=1S/C10H20O/c1-8-5-6-10(4,11)7-9(8,2)3/h8,11H,5-7H2,1-4H3. The third-order valence-corrected chi connectivity index (χ3v) is 3.29. The molecule has 0 aromatic rings. The van der Waals surface area contributed by atoms with E-state index in [1.165, 1.54) is 6.42 Å². The Hall–Kier alpha value is -0.0400. The highest BCUT2D eigenvalue weighted by Crippen LogP contribution is 2.44. The van der Waals surface area contributed by atoms with Crippen LogP contribution in [-0.4, -0.2) is 10.7 Å². The second-order valence-corrected chi connectivity index (χ2v) is 5.10. The molecule has 1 N–H and O–H groups in total.